The lowest BCUT2D eigenvalue weighted by Crippen LogP contribution is -2.15. The molecule has 128 valence electrons. The molecule has 0 radical (unpaired) electrons. The number of hydrogen-bond donors (Lipinski definition) is 2. The average Bonchev–Trinajstić information content (AvgIpc) is 2.63. The lowest BCUT2D eigenvalue weighted by Gasteiger charge is -2.13. The summed E-state index contributed by atoms with van der Waals surface area (Å²) in [6.07, 6.45) is 3.56. The van der Waals surface area contributed by atoms with E-state index < -0.39 is 10.0 Å². The highest BCUT2D eigenvalue weighted by molar-refractivity contribution is 7.98. The number of rotatable bonds is 6. The van der Waals surface area contributed by atoms with Gasteiger partial charge in [-0.25, -0.2) is 13.4 Å². The van der Waals surface area contributed by atoms with Crippen molar-refractivity contribution in [2.45, 2.75) is 9.79 Å². The van der Waals surface area contributed by atoms with Gasteiger partial charge in [-0.15, -0.1) is 11.8 Å². The van der Waals surface area contributed by atoms with Gasteiger partial charge >= 0.3 is 0 Å². The zero-order valence-corrected chi connectivity index (χ0v) is 15.1. The van der Waals surface area contributed by atoms with Crippen molar-refractivity contribution in [2.24, 2.45) is 0 Å². The number of aromatic nitrogens is 1. The number of hydrogen-bond acceptors (Lipinski definition) is 5. The van der Waals surface area contributed by atoms with Gasteiger partial charge < -0.3 is 5.32 Å². The minimum atomic E-state index is -3.76. The van der Waals surface area contributed by atoms with E-state index in [-0.39, 0.29) is 10.7 Å². The number of pyridine rings is 1. The largest absolute Gasteiger partial charge is 0.339 e. The summed E-state index contributed by atoms with van der Waals surface area (Å²) in [7, 11) is -3.76. The number of para-hydroxylation sites is 1. The maximum Gasteiger partial charge on any atom is 0.265 e. The van der Waals surface area contributed by atoms with Crippen LogP contribution in [0.1, 0.15) is 0 Å². The van der Waals surface area contributed by atoms with Crippen LogP contribution < -0.4 is 10.0 Å². The molecule has 0 aliphatic carbocycles. The summed E-state index contributed by atoms with van der Waals surface area (Å²) in [5.74, 6) is 0.280. The first-order valence-corrected chi connectivity index (χ1v) is 10.2. The third-order valence-corrected chi connectivity index (χ3v) is 5.60. The van der Waals surface area contributed by atoms with Gasteiger partial charge in [0, 0.05) is 22.5 Å². The van der Waals surface area contributed by atoms with Crippen molar-refractivity contribution in [1.82, 2.24) is 4.98 Å². The van der Waals surface area contributed by atoms with Crippen LogP contribution in [0, 0.1) is 0 Å². The molecule has 25 heavy (non-hydrogen) atoms. The molecule has 0 saturated heterocycles. The maximum atomic E-state index is 12.7. The molecule has 1 aromatic heterocycles. The Bertz CT molecular complexity index is 944. The summed E-state index contributed by atoms with van der Waals surface area (Å²) in [5, 5.41) is 3.08. The molecule has 0 saturated carbocycles. The summed E-state index contributed by atoms with van der Waals surface area (Å²) in [4.78, 5) is 5.41. The van der Waals surface area contributed by atoms with Crippen molar-refractivity contribution in [1.29, 1.82) is 0 Å². The minimum Gasteiger partial charge on any atom is -0.339 e. The summed E-state index contributed by atoms with van der Waals surface area (Å²) >= 11 is 1.64. The van der Waals surface area contributed by atoms with Crippen LogP contribution in [-0.4, -0.2) is 19.7 Å². The van der Waals surface area contributed by atoms with Crippen LogP contribution in [0.5, 0.6) is 0 Å². The molecule has 0 unspecified atom stereocenters. The second-order valence-corrected chi connectivity index (χ2v) is 7.71. The molecule has 0 aliphatic rings. The van der Waals surface area contributed by atoms with E-state index in [2.05, 4.69) is 15.0 Å². The zero-order chi connectivity index (χ0) is 17.7. The second-order valence-electron chi connectivity index (χ2n) is 5.18. The van der Waals surface area contributed by atoms with Crippen LogP contribution in [0.2, 0.25) is 0 Å². The van der Waals surface area contributed by atoms with Crippen molar-refractivity contribution in [3.8, 4) is 0 Å². The second kappa shape index (κ2) is 7.58. The molecule has 2 N–H and O–H groups in total. The molecular formula is C18H17N3O2S2. The highest BCUT2D eigenvalue weighted by Gasteiger charge is 2.19. The monoisotopic (exact) mass is 371 g/mol. The SMILES string of the molecule is CSc1ccc(Nc2ncccc2S(=O)(=O)Nc2ccccc2)cc1. The average molecular weight is 371 g/mol. The lowest BCUT2D eigenvalue weighted by atomic mass is 10.3. The Labute approximate surface area is 151 Å². The van der Waals surface area contributed by atoms with Crippen molar-refractivity contribution >= 4 is 39.0 Å². The van der Waals surface area contributed by atoms with Crippen LogP contribution in [0.15, 0.2) is 82.7 Å². The predicted molar refractivity (Wildman–Crippen MR) is 103 cm³/mol. The summed E-state index contributed by atoms with van der Waals surface area (Å²) in [6, 6.07) is 19.6. The van der Waals surface area contributed by atoms with E-state index in [1.165, 1.54) is 6.07 Å². The fourth-order valence-corrected chi connectivity index (χ4v) is 3.81. The Balaban J connectivity index is 1.89. The molecule has 0 amide bonds. The number of sulfonamides is 1. The Hall–Kier alpha value is -2.51. The Kier molecular flexibility index (Phi) is 5.25. The molecule has 2 aromatic carbocycles. The molecule has 0 aliphatic heterocycles. The van der Waals surface area contributed by atoms with Gasteiger partial charge in [0.15, 0.2) is 5.82 Å². The standard InChI is InChI=1S/C18H17N3O2S2/c1-24-16-11-9-14(10-12-16)20-18-17(8-5-13-19-18)25(22,23)21-15-6-3-2-4-7-15/h2-13,21H,1H3,(H,19,20). The number of nitrogens with zero attached hydrogens (tertiary/aromatic N) is 1. The van der Waals surface area contributed by atoms with E-state index in [4.69, 9.17) is 0 Å². The molecule has 0 atom stereocenters. The maximum absolute atomic E-state index is 12.7. The van der Waals surface area contributed by atoms with Crippen LogP contribution >= 0.6 is 11.8 Å². The topological polar surface area (TPSA) is 71.1 Å². The number of thioether (sulfide) groups is 1. The van der Waals surface area contributed by atoms with Gasteiger partial charge in [-0.1, -0.05) is 18.2 Å². The molecule has 1 heterocycles. The fraction of sp³-hybridized carbons (Fsp3) is 0.0556. The van der Waals surface area contributed by atoms with E-state index in [1.54, 1.807) is 48.3 Å². The highest BCUT2D eigenvalue weighted by Crippen LogP contribution is 2.25. The fourth-order valence-electron chi connectivity index (χ4n) is 2.23. The number of anilines is 3. The summed E-state index contributed by atoms with van der Waals surface area (Å²) in [6.45, 7) is 0. The van der Waals surface area contributed by atoms with E-state index in [9.17, 15) is 8.42 Å². The van der Waals surface area contributed by atoms with Gasteiger partial charge in [0.1, 0.15) is 4.90 Å². The van der Waals surface area contributed by atoms with Gasteiger partial charge in [-0.3, -0.25) is 4.72 Å². The minimum absolute atomic E-state index is 0.0906. The van der Waals surface area contributed by atoms with Gasteiger partial charge in [-0.2, -0.15) is 0 Å². The molecular weight excluding hydrogens is 354 g/mol. The van der Waals surface area contributed by atoms with Gasteiger partial charge in [0.25, 0.3) is 10.0 Å². The van der Waals surface area contributed by atoms with Crippen LogP contribution in [0.4, 0.5) is 17.2 Å². The molecule has 7 heteroatoms. The van der Waals surface area contributed by atoms with E-state index in [0.29, 0.717) is 5.69 Å². The summed E-state index contributed by atoms with van der Waals surface area (Å²) in [5.41, 5.74) is 1.27. The first kappa shape index (κ1) is 17.3. The molecule has 0 spiro atoms. The molecule has 0 bridgehead atoms. The predicted octanol–water partition coefficient (Wildman–Crippen LogP) is 4.35. The third-order valence-electron chi connectivity index (χ3n) is 3.44. The van der Waals surface area contributed by atoms with Gasteiger partial charge in [0.2, 0.25) is 0 Å². The number of nitrogens with one attached hydrogen (secondary N) is 2. The van der Waals surface area contributed by atoms with Crippen LogP contribution in [-0.2, 0) is 10.0 Å². The highest BCUT2D eigenvalue weighted by atomic mass is 32.2. The van der Waals surface area contributed by atoms with Crippen molar-refractivity contribution < 1.29 is 8.42 Å². The van der Waals surface area contributed by atoms with E-state index in [1.807, 2.05) is 36.6 Å². The van der Waals surface area contributed by atoms with Crippen LogP contribution in [0.3, 0.4) is 0 Å². The normalized spacial score (nSPS) is 11.1. The molecule has 0 fully saturated rings. The smallest absolute Gasteiger partial charge is 0.265 e. The van der Waals surface area contributed by atoms with Gasteiger partial charge in [0.05, 0.1) is 0 Å². The van der Waals surface area contributed by atoms with Crippen LogP contribution in [0.25, 0.3) is 0 Å². The Morgan fingerprint density at radius 1 is 0.880 bits per heavy atom. The first-order valence-electron chi connectivity index (χ1n) is 7.52. The summed E-state index contributed by atoms with van der Waals surface area (Å²) < 4.78 is 28.0. The van der Waals surface area contributed by atoms with Crippen molar-refractivity contribution in [3.63, 3.8) is 0 Å². The Morgan fingerprint density at radius 2 is 1.60 bits per heavy atom. The quantitative estimate of drug-likeness (QED) is 0.631. The Morgan fingerprint density at radius 3 is 2.28 bits per heavy atom. The lowest BCUT2D eigenvalue weighted by molar-refractivity contribution is 0.601. The van der Waals surface area contributed by atoms with Crippen molar-refractivity contribution in [3.05, 3.63) is 72.9 Å². The van der Waals surface area contributed by atoms with Gasteiger partial charge in [-0.05, 0) is 54.8 Å². The third kappa shape index (κ3) is 4.32. The molecule has 3 rings (SSSR count). The zero-order valence-electron chi connectivity index (χ0n) is 13.5. The number of benzene rings is 2. The van der Waals surface area contributed by atoms with Crippen molar-refractivity contribution in [2.75, 3.05) is 16.3 Å². The molecule has 3 aromatic rings. The van der Waals surface area contributed by atoms with E-state index in [0.717, 1.165) is 10.6 Å². The first-order chi connectivity index (χ1) is 12.1. The molecule has 5 nitrogen and oxygen atoms in total. The van der Waals surface area contributed by atoms with E-state index >= 15 is 0 Å².